The number of nitrogens with one attached hydrogen (secondary N) is 1. The van der Waals surface area contributed by atoms with Crippen LogP contribution in [0.4, 0.5) is 4.39 Å². The second-order valence-electron chi connectivity index (χ2n) is 4.75. The normalized spacial score (nSPS) is 11.6. The topological polar surface area (TPSA) is 85.1 Å². The molecule has 0 aliphatic carbocycles. The van der Waals surface area contributed by atoms with E-state index in [4.69, 9.17) is 16.1 Å². The lowest BCUT2D eigenvalue weighted by Crippen LogP contribution is -2.23. The molecule has 0 unspecified atom stereocenters. The smallest absolute Gasteiger partial charge is 0.242 e. The molecule has 1 heterocycles. The fraction of sp³-hybridized carbons (Fsp3) is 0.0667. The molecule has 0 bridgehead atoms. The standard InChI is InChI=1S/C15H11ClFN3O3S/c16-11-6-2-4-8-13(11)24(21,22)18-9-14-19-15(20-23-14)10-5-1-3-7-12(10)17/h1-8,18H,9H2. The van der Waals surface area contributed by atoms with Crippen molar-refractivity contribution in [1.82, 2.24) is 14.9 Å². The van der Waals surface area contributed by atoms with Crippen LogP contribution >= 0.6 is 11.6 Å². The first-order chi connectivity index (χ1) is 11.5. The van der Waals surface area contributed by atoms with Crippen LogP contribution in [0.15, 0.2) is 57.9 Å². The van der Waals surface area contributed by atoms with Crippen LogP contribution in [-0.4, -0.2) is 18.6 Å². The summed E-state index contributed by atoms with van der Waals surface area (Å²) in [7, 11) is -3.84. The Morgan fingerprint density at radius 2 is 1.83 bits per heavy atom. The molecule has 0 saturated heterocycles. The third-order valence-electron chi connectivity index (χ3n) is 3.12. The molecule has 24 heavy (non-hydrogen) atoms. The number of hydrogen-bond acceptors (Lipinski definition) is 5. The van der Waals surface area contributed by atoms with E-state index in [-0.39, 0.29) is 33.7 Å². The zero-order chi connectivity index (χ0) is 17.2. The summed E-state index contributed by atoms with van der Waals surface area (Å²) in [6.07, 6.45) is 0. The summed E-state index contributed by atoms with van der Waals surface area (Å²) in [5, 5.41) is 3.75. The highest BCUT2D eigenvalue weighted by Crippen LogP contribution is 2.21. The van der Waals surface area contributed by atoms with E-state index in [1.807, 2.05) is 0 Å². The van der Waals surface area contributed by atoms with Gasteiger partial charge in [-0.15, -0.1) is 0 Å². The molecule has 6 nitrogen and oxygen atoms in total. The summed E-state index contributed by atoms with van der Waals surface area (Å²) >= 11 is 5.88. The summed E-state index contributed by atoms with van der Waals surface area (Å²) in [4.78, 5) is 3.93. The molecule has 0 fully saturated rings. The Labute approximate surface area is 142 Å². The third-order valence-corrected chi connectivity index (χ3v) is 5.02. The Bertz CT molecular complexity index is 975. The minimum absolute atomic E-state index is 0.00359. The van der Waals surface area contributed by atoms with Gasteiger partial charge < -0.3 is 4.52 Å². The van der Waals surface area contributed by atoms with Crippen molar-refractivity contribution in [2.75, 3.05) is 0 Å². The van der Waals surface area contributed by atoms with Gasteiger partial charge in [-0.2, -0.15) is 4.98 Å². The Hall–Kier alpha value is -2.29. The Balaban J connectivity index is 1.77. The lowest BCUT2D eigenvalue weighted by molar-refractivity contribution is 0.375. The van der Waals surface area contributed by atoms with Crippen LogP contribution in [0.3, 0.4) is 0 Å². The Morgan fingerprint density at radius 1 is 1.12 bits per heavy atom. The highest BCUT2D eigenvalue weighted by molar-refractivity contribution is 7.89. The second kappa shape index (κ2) is 6.68. The maximum Gasteiger partial charge on any atom is 0.242 e. The lowest BCUT2D eigenvalue weighted by atomic mass is 10.2. The molecule has 0 aliphatic rings. The third kappa shape index (κ3) is 3.45. The van der Waals surface area contributed by atoms with Gasteiger partial charge in [-0.25, -0.2) is 17.5 Å². The Kier molecular flexibility index (Phi) is 4.61. The number of aromatic nitrogens is 2. The molecule has 0 aliphatic heterocycles. The highest BCUT2D eigenvalue weighted by Gasteiger charge is 2.19. The number of nitrogens with zero attached hydrogens (tertiary/aromatic N) is 2. The first-order valence-electron chi connectivity index (χ1n) is 6.79. The second-order valence-corrected chi connectivity index (χ2v) is 6.89. The monoisotopic (exact) mass is 367 g/mol. The molecule has 1 N–H and O–H groups in total. The number of rotatable bonds is 5. The van der Waals surface area contributed by atoms with Crippen LogP contribution in [0.1, 0.15) is 5.89 Å². The maximum atomic E-state index is 13.7. The lowest BCUT2D eigenvalue weighted by Gasteiger charge is -2.05. The largest absolute Gasteiger partial charge is 0.338 e. The molecule has 0 spiro atoms. The molecule has 3 aromatic rings. The van der Waals surface area contributed by atoms with Crippen molar-refractivity contribution in [3.8, 4) is 11.4 Å². The summed E-state index contributed by atoms with van der Waals surface area (Å²) in [5.74, 6) is -0.453. The zero-order valence-electron chi connectivity index (χ0n) is 12.1. The van der Waals surface area contributed by atoms with Crippen LogP contribution in [0.2, 0.25) is 5.02 Å². The number of benzene rings is 2. The molecule has 2 aromatic carbocycles. The summed E-state index contributed by atoms with van der Waals surface area (Å²) in [6.45, 7) is -0.241. The van der Waals surface area contributed by atoms with Gasteiger partial charge in [0.25, 0.3) is 0 Å². The molecule has 0 radical (unpaired) electrons. The molecule has 3 rings (SSSR count). The summed E-state index contributed by atoms with van der Waals surface area (Å²) in [6, 6.07) is 12.0. The predicted octanol–water partition coefficient (Wildman–Crippen LogP) is 3.01. The van der Waals surface area contributed by atoms with Crippen molar-refractivity contribution >= 4 is 21.6 Å². The quantitative estimate of drug-likeness (QED) is 0.749. The fourth-order valence-corrected chi connectivity index (χ4v) is 3.47. The van der Waals surface area contributed by atoms with Crippen molar-refractivity contribution < 1.29 is 17.3 Å². The first-order valence-corrected chi connectivity index (χ1v) is 8.65. The van der Waals surface area contributed by atoms with E-state index < -0.39 is 15.8 Å². The van der Waals surface area contributed by atoms with Crippen LogP contribution in [-0.2, 0) is 16.6 Å². The molecular weight excluding hydrogens is 357 g/mol. The van der Waals surface area contributed by atoms with Gasteiger partial charge in [0.05, 0.1) is 17.1 Å². The van der Waals surface area contributed by atoms with Gasteiger partial charge in [0, 0.05) is 0 Å². The Morgan fingerprint density at radius 3 is 2.58 bits per heavy atom. The minimum Gasteiger partial charge on any atom is -0.338 e. The molecule has 1 aromatic heterocycles. The van der Waals surface area contributed by atoms with E-state index in [2.05, 4.69) is 14.9 Å². The van der Waals surface area contributed by atoms with E-state index in [1.165, 1.54) is 30.3 Å². The molecular formula is C15H11ClFN3O3S. The van der Waals surface area contributed by atoms with Crippen LogP contribution in [0.5, 0.6) is 0 Å². The summed E-state index contributed by atoms with van der Waals surface area (Å²) < 4.78 is 45.4. The number of halogens is 2. The van der Waals surface area contributed by atoms with E-state index in [0.717, 1.165) is 0 Å². The summed E-state index contributed by atoms with van der Waals surface area (Å²) in [5.41, 5.74) is 0.168. The first kappa shape index (κ1) is 16.6. The van der Waals surface area contributed by atoms with Crippen LogP contribution < -0.4 is 4.72 Å². The van der Waals surface area contributed by atoms with Gasteiger partial charge in [0.1, 0.15) is 10.7 Å². The van der Waals surface area contributed by atoms with Crippen molar-refractivity contribution in [2.24, 2.45) is 0 Å². The molecule has 9 heteroatoms. The van der Waals surface area contributed by atoms with E-state index in [0.29, 0.717) is 0 Å². The minimum atomic E-state index is -3.84. The van der Waals surface area contributed by atoms with Gasteiger partial charge in [0.15, 0.2) is 0 Å². The van der Waals surface area contributed by atoms with E-state index in [9.17, 15) is 12.8 Å². The molecule has 0 saturated carbocycles. The van der Waals surface area contributed by atoms with Gasteiger partial charge >= 0.3 is 0 Å². The average molecular weight is 368 g/mol. The zero-order valence-corrected chi connectivity index (χ0v) is 13.7. The average Bonchev–Trinajstić information content (AvgIpc) is 3.02. The predicted molar refractivity (Wildman–Crippen MR) is 85.2 cm³/mol. The van der Waals surface area contributed by atoms with Crippen molar-refractivity contribution in [3.63, 3.8) is 0 Å². The van der Waals surface area contributed by atoms with Crippen molar-refractivity contribution in [1.29, 1.82) is 0 Å². The van der Waals surface area contributed by atoms with Gasteiger partial charge in [0.2, 0.25) is 21.7 Å². The highest BCUT2D eigenvalue weighted by atomic mass is 35.5. The van der Waals surface area contributed by atoms with Gasteiger partial charge in [-0.05, 0) is 24.3 Å². The van der Waals surface area contributed by atoms with Gasteiger partial charge in [-0.1, -0.05) is 41.0 Å². The maximum absolute atomic E-state index is 13.7. The molecule has 0 amide bonds. The SMILES string of the molecule is O=S(=O)(NCc1nc(-c2ccccc2F)no1)c1ccccc1Cl. The van der Waals surface area contributed by atoms with Crippen molar-refractivity contribution in [2.45, 2.75) is 11.4 Å². The van der Waals surface area contributed by atoms with Crippen LogP contribution in [0.25, 0.3) is 11.4 Å². The van der Waals surface area contributed by atoms with Crippen molar-refractivity contribution in [3.05, 3.63) is 65.3 Å². The van der Waals surface area contributed by atoms with E-state index in [1.54, 1.807) is 18.2 Å². The molecule has 0 atom stereocenters. The molecule has 124 valence electrons. The van der Waals surface area contributed by atoms with Gasteiger partial charge in [-0.3, -0.25) is 0 Å². The fourth-order valence-electron chi connectivity index (χ4n) is 1.98. The van der Waals surface area contributed by atoms with E-state index >= 15 is 0 Å². The number of sulfonamides is 1. The van der Waals surface area contributed by atoms with Crippen LogP contribution in [0, 0.1) is 5.82 Å². The number of hydrogen-bond donors (Lipinski definition) is 1.